The fourth-order valence-electron chi connectivity index (χ4n) is 2.06. The highest BCUT2D eigenvalue weighted by Crippen LogP contribution is 2.20. The number of anilines is 1. The molecule has 0 saturated carbocycles. The Kier molecular flexibility index (Phi) is 4.56. The summed E-state index contributed by atoms with van der Waals surface area (Å²) in [6.45, 7) is 0.920. The third kappa shape index (κ3) is 3.44. The molecule has 5 nitrogen and oxygen atoms in total. The second-order valence-corrected chi connectivity index (χ2v) is 6.74. The summed E-state index contributed by atoms with van der Waals surface area (Å²) in [5.41, 5.74) is 5.65. The van der Waals surface area contributed by atoms with Crippen LogP contribution in [0, 0.1) is 5.82 Å². The Morgan fingerprint density at radius 1 is 1.30 bits per heavy atom. The third-order valence-electron chi connectivity index (χ3n) is 3.15. The molecule has 8 heteroatoms. The molecule has 0 unspecified atom stereocenters. The lowest BCUT2D eigenvalue weighted by atomic mass is 10.2. The predicted molar refractivity (Wildman–Crippen MR) is 80.3 cm³/mol. The molecule has 110 valence electrons. The number of rotatable bonds is 4. The second-order valence-electron chi connectivity index (χ2n) is 4.63. The van der Waals surface area contributed by atoms with Crippen LogP contribution in [0.15, 0.2) is 18.2 Å². The van der Waals surface area contributed by atoms with Crippen LogP contribution >= 0.6 is 12.2 Å². The zero-order valence-electron chi connectivity index (χ0n) is 10.8. The third-order valence-corrected chi connectivity index (χ3v) is 4.91. The molecule has 0 bridgehead atoms. The highest BCUT2D eigenvalue weighted by atomic mass is 32.2. The van der Waals surface area contributed by atoms with Gasteiger partial charge < -0.3 is 5.73 Å². The van der Waals surface area contributed by atoms with Crippen molar-refractivity contribution in [2.24, 2.45) is 5.73 Å². The molecule has 20 heavy (non-hydrogen) atoms. The second kappa shape index (κ2) is 6.02. The summed E-state index contributed by atoms with van der Waals surface area (Å²) in [6.07, 6.45) is 2.66. The lowest BCUT2D eigenvalue weighted by Gasteiger charge is -2.26. The molecule has 0 radical (unpaired) electrons. The number of piperidine rings is 1. The molecule has 0 atom stereocenters. The number of thiocarbonyl (C=S) groups is 1. The Hall–Kier alpha value is -1.25. The van der Waals surface area contributed by atoms with Crippen molar-refractivity contribution in [1.29, 1.82) is 0 Å². The molecule has 1 aromatic carbocycles. The highest BCUT2D eigenvalue weighted by Gasteiger charge is 2.24. The van der Waals surface area contributed by atoms with E-state index in [1.54, 1.807) is 0 Å². The van der Waals surface area contributed by atoms with Crippen LogP contribution in [0.1, 0.15) is 24.8 Å². The van der Waals surface area contributed by atoms with Crippen LogP contribution in [0.3, 0.4) is 0 Å². The van der Waals surface area contributed by atoms with Crippen molar-refractivity contribution in [3.8, 4) is 0 Å². The van der Waals surface area contributed by atoms with Gasteiger partial charge in [-0.3, -0.25) is 4.72 Å². The van der Waals surface area contributed by atoms with Gasteiger partial charge in [0, 0.05) is 18.7 Å². The Morgan fingerprint density at radius 2 is 1.95 bits per heavy atom. The number of nitrogens with zero attached hydrogens (tertiary/aromatic N) is 1. The summed E-state index contributed by atoms with van der Waals surface area (Å²) in [5.74, 6) is -0.698. The van der Waals surface area contributed by atoms with E-state index in [0.29, 0.717) is 18.7 Å². The Balaban J connectivity index is 2.18. The zero-order valence-corrected chi connectivity index (χ0v) is 12.4. The van der Waals surface area contributed by atoms with Gasteiger partial charge in [0.2, 0.25) is 0 Å². The Bertz CT molecular complexity index is 613. The first-order chi connectivity index (χ1) is 9.40. The van der Waals surface area contributed by atoms with Crippen molar-refractivity contribution < 1.29 is 12.8 Å². The van der Waals surface area contributed by atoms with E-state index in [9.17, 15) is 12.8 Å². The van der Waals surface area contributed by atoms with Crippen LogP contribution in [-0.4, -0.2) is 30.8 Å². The van der Waals surface area contributed by atoms with Gasteiger partial charge in [-0.25, -0.2) is 4.39 Å². The van der Waals surface area contributed by atoms with Crippen molar-refractivity contribution in [2.45, 2.75) is 19.3 Å². The fraction of sp³-hybridized carbons (Fsp3) is 0.417. The maximum absolute atomic E-state index is 13.8. The molecular weight excluding hydrogens is 301 g/mol. The standard InChI is InChI=1S/C12H16FN3O2S2/c13-10-8-9(12(14)19)4-5-11(10)15-20(17,18)16-6-2-1-3-7-16/h4-5,8,15H,1-3,6-7H2,(H2,14,19). The van der Waals surface area contributed by atoms with Gasteiger partial charge in [-0.1, -0.05) is 18.6 Å². The highest BCUT2D eigenvalue weighted by molar-refractivity contribution is 7.90. The minimum absolute atomic E-state index is 0.0642. The van der Waals surface area contributed by atoms with Crippen molar-refractivity contribution in [3.05, 3.63) is 29.6 Å². The van der Waals surface area contributed by atoms with Gasteiger partial charge in [-0.2, -0.15) is 12.7 Å². The minimum Gasteiger partial charge on any atom is -0.389 e. The fourth-order valence-corrected chi connectivity index (χ4v) is 3.50. The molecule has 2 rings (SSSR count). The Labute approximate surface area is 123 Å². The van der Waals surface area contributed by atoms with Crippen LogP contribution in [0.25, 0.3) is 0 Å². The molecule has 0 aromatic heterocycles. The average molecular weight is 317 g/mol. The maximum atomic E-state index is 13.8. The van der Waals surface area contributed by atoms with Crippen molar-refractivity contribution in [3.63, 3.8) is 0 Å². The van der Waals surface area contributed by atoms with E-state index < -0.39 is 16.0 Å². The molecular formula is C12H16FN3O2S2. The Morgan fingerprint density at radius 3 is 2.50 bits per heavy atom. The number of benzene rings is 1. The molecule has 1 aliphatic heterocycles. The van der Waals surface area contributed by atoms with Gasteiger partial charge in [0.15, 0.2) is 0 Å². The van der Waals surface area contributed by atoms with E-state index in [1.807, 2.05) is 0 Å². The van der Waals surface area contributed by atoms with Crippen LogP contribution in [-0.2, 0) is 10.2 Å². The van der Waals surface area contributed by atoms with Gasteiger partial charge in [0.05, 0.1) is 5.69 Å². The molecule has 1 aliphatic rings. The maximum Gasteiger partial charge on any atom is 0.301 e. The first-order valence-electron chi connectivity index (χ1n) is 6.27. The topological polar surface area (TPSA) is 75.4 Å². The zero-order chi connectivity index (χ0) is 14.8. The van der Waals surface area contributed by atoms with E-state index in [2.05, 4.69) is 4.72 Å². The quantitative estimate of drug-likeness (QED) is 0.827. The van der Waals surface area contributed by atoms with Gasteiger partial charge >= 0.3 is 10.2 Å². The molecule has 0 spiro atoms. The minimum atomic E-state index is -3.71. The summed E-state index contributed by atoms with van der Waals surface area (Å²) < 4.78 is 41.7. The number of nitrogens with one attached hydrogen (secondary N) is 1. The van der Waals surface area contributed by atoms with Crippen LogP contribution in [0.2, 0.25) is 0 Å². The normalized spacial score (nSPS) is 16.9. The van der Waals surface area contributed by atoms with E-state index in [1.165, 1.54) is 16.4 Å². The largest absolute Gasteiger partial charge is 0.389 e. The van der Waals surface area contributed by atoms with E-state index >= 15 is 0 Å². The van der Waals surface area contributed by atoms with E-state index in [0.717, 1.165) is 25.3 Å². The summed E-state index contributed by atoms with van der Waals surface area (Å²) in [4.78, 5) is 0.0642. The molecule has 0 aliphatic carbocycles. The lowest BCUT2D eigenvalue weighted by molar-refractivity contribution is 0.349. The van der Waals surface area contributed by atoms with Gasteiger partial charge in [0.1, 0.15) is 10.8 Å². The number of hydrogen-bond donors (Lipinski definition) is 2. The summed E-state index contributed by atoms with van der Waals surface area (Å²) in [6, 6.07) is 3.93. The molecule has 3 N–H and O–H groups in total. The lowest BCUT2D eigenvalue weighted by Crippen LogP contribution is -2.39. The smallest absolute Gasteiger partial charge is 0.301 e. The first-order valence-corrected chi connectivity index (χ1v) is 8.12. The molecule has 1 saturated heterocycles. The molecule has 1 aromatic rings. The van der Waals surface area contributed by atoms with Crippen LogP contribution < -0.4 is 10.5 Å². The van der Waals surface area contributed by atoms with E-state index in [-0.39, 0.29) is 10.7 Å². The number of halogens is 1. The summed E-state index contributed by atoms with van der Waals surface area (Å²) in [7, 11) is -3.71. The monoisotopic (exact) mass is 317 g/mol. The van der Waals surface area contributed by atoms with Crippen molar-refractivity contribution in [2.75, 3.05) is 17.8 Å². The van der Waals surface area contributed by atoms with E-state index in [4.69, 9.17) is 18.0 Å². The molecule has 1 heterocycles. The van der Waals surface area contributed by atoms with Gasteiger partial charge in [-0.05, 0) is 31.0 Å². The van der Waals surface area contributed by atoms with Gasteiger partial charge in [-0.15, -0.1) is 0 Å². The number of nitrogens with two attached hydrogens (primary N) is 1. The number of hydrogen-bond acceptors (Lipinski definition) is 3. The predicted octanol–water partition coefficient (Wildman–Crippen LogP) is 1.60. The van der Waals surface area contributed by atoms with Gasteiger partial charge in [0.25, 0.3) is 0 Å². The summed E-state index contributed by atoms with van der Waals surface area (Å²) >= 11 is 4.74. The SMILES string of the molecule is NC(=S)c1ccc(NS(=O)(=O)N2CCCCC2)c(F)c1. The van der Waals surface area contributed by atoms with Crippen LogP contribution in [0.5, 0.6) is 0 Å². The first kappa shape index (κ1) is 15.1. The van der Waals surface area contributed by atoms with Crippen molar-refractivity contribution in [1.82, 2.24) is 4.31 Å². The average Bonchev–Trinajstić information content (AvgIpc) is 2.41. The summed E-state index contributed by atoms with van der Waals surface area (Å²) in [5, 5.41) is 0. The van der Waals surface area contributed by atoms with Crippen LogP contribution in [0.4, 0.5) is 10.1 Å². The molecule has 0 amide bonds. The van der Waals surface area contributed by atoms with Crippen molar-refractivity contribution >= 4 is 33.1 Å². The molecule has 1 fully saturated rings.